The van der Waals surface area contributed by atoms with Gasteiger partial charge in [-0.15, -0.1) is 0 Å². The van der Waals surface area contributed by atoms with E-state index < -0.39 is 0 Å². The summed E-state index contributed by atoms with van der Waals surface area (Å²) in [5.74, 6) is 0.704. The average Bonchev–Trinajstić information content (AvgIpc) is 3.10. The van der Waals surface area contributed by atoms with Gasteiger partial charge in [-0.05, 0) is 25.0 Å². The summed E-state index contributed by atoms with van der Waals surface area (Å²) in [6.07, 6.45) is 3.39. The number of nitriles is 1. The van der Waals surface area contributed by atoms with E-state index in [-0.39, 0.29) is 18.5 Å². The molecule has 0 spiro atoms. The number of hydrogen-bond donors (Lipinski definition) is 2. The van der Waals surface area contributed by atoms with Gasteiger partial charge in [0.25, 0.3) is 0 Å². The molecule has 124 valence electrons. The molecule has 0 aliphatic carbocycles. The third kappa shape index (κ3) is 3.78. The molecule has 7 heteroatoms. The number of anilines is 1. The molecule has 2 N–H and O–H groups in total. The summed E-state index contributed by atoms with van der Waals surface area (Å²) in [6.45, 7) is 2.21. The van der Waals surface area contributed by atoms with Gasteiger partial charge in [-0.3, -0.25) is 9.78 Å². The van der Waals surface area contributed by atoms with Crippen LogP contribution in [0.1, 0.15) is 12.8 Å². The van der Waals surface area contributed by atoms with Gasteiger partial charge in [-0.2, -0.15) is 5.26 Å². The Balaban J connectivity index is 1.40. The molecule has 0 radical (unpaired) electrons. The van der Waals surface area contributed by atoms with Crippen molar-refractivity contribution < 1.29 is 4.79 Å². The zero-order valence-electron chi connectivity index (χ0n) is 13.4. The van der Waals surface area contributed by atoms with Gasteiger partial charge in [0, 0.05) is 19.6 Å². The lowest BCUT2D eigenvalue weighted by molar-refractivity contribution is -0.130. The van der Waals surface area contributed by atoms with Crippen LogP contribution >= 0.6 is 0 Å². The Morgan fingerprint density at radius 2 is 2.17 bits per heavy atom. The molecule has 1 amide bonds. The Morgan fingerprint density at radius 1 is 1.33 bits per heavy atom. The fourth-order valence-corrected chi connectivity index (χ4v) is 2.82. The van der Waals surface area contributed by atoms with Crippen molar-refractivity contribution in [1.82, 2.24) is 20.2 Å². The summed E-state index contributed by atoms with van der Waals surface area (Å²) in [7, 11) is 0. The monoisotopic (exact) mass is 324 g/mol. The third-order valence-corrected chi connectivity index (χ3v) is 4.05. The zero-order chi connectivity index (χ0) is 16.8. The average molecular weight is 324 g/mol. The highest BCUT2D eigenvalue weighted by Gasteiger charge is 2.27. The van der Waals surface area contributed by atoms with E-state index in [1.807, 2.05) is 24.3 Å². The van der Waals surface area contributed by atoms with Crippen LogP contribution in [-0.2, 0) is 4.79 Å². The molecule has 3 rings (SSSR count). The first kappa shape index (κ1) is 16.1. The minimum Gasteiger partial charge on any atom is -0.367 e. The van der Waals surface area contributed by atoms with Gasteiger partial charge in [0.15, 0.2) is 0 Å². The minimum atomic E-state index is -0.259. The highest BCUT2D eigenvalue weighted by molar-refractivity contribution is 5.79. The van der Waals surface area contributed by atoms with Crippen LogP contribution in [0.3, 0.4) is 0 Å². The maximum absolute atomic E-state index is 12.1. The molecule has 1 aliphatic heterocycles. The van der Waals surface area contributed by atoms with Crippen LogP contribution in [0.2, 0.25) is 0 Å². The number of aromatic nitrogens is 2. The SMILES string of the molecule is N#C[C@@H]1CCCN1C(=O)CNCCNc1cnc2ccccc2n1. The Kier molecular flexibility index (Phi) is 5.18. The lowest BCUT2D eigenvalue weighted by atomic mass is 10.2. The first-order valence-corrected chi connectivity index (χ1v) is 8.13. The van der Waals surface area contributed by atoms with E-state index in [2.05, 4.69) is 26.7 Å². The van der Waals surface area contributed by atoms with E-state index in [0.29, 0.717) is 25.5 Å². The van der Waals surface area contributed by atoms with Crippen molar-refractivity contribution >= 4 is 22.8 Å². The Labute approximate surface area is 140 Å². The molecule has 7 nitrogen and oxygen atoms in total. The largest absolute Gasteiger partial charge is 0.367 e. The Morgan fingerprint density at radius 3 is 3.00 bits per heavy atom. The number of fused-ring (bicyclic) bond motifs is 1. The first-order chi connectivity index (χ1) is 11.8. The smallest absolute Gasteiger partial charge is 0.237 e. The zero-order valence-corrected chi connectivity index (χ0v) is 13.4. The molecular weight excluding hydrogens is 304 g/mol. The maximum Gasteiger partial charge on any atom is 0.237 e. The van der Waals surface area contributed by atoms with Crippen molar-refractivity contribution in [2.24, 2.45) is 0 Å². The van der Waals surface area contributed by atoms with Gasteiger partial charge in [0.05, 0.1) is 29.8 Å². The molecule has 1 saturated heterocycles. The van der Waals surface area contributed by atoms with Gasteiger partial charge in [0.2, 0.25) is 5.91 Å². The number of benzene rings is 1. The summed E-state index contributed by atoms with van der Waals surface area (Å²) in [6, 6.07) is 9.63. The van der Waals surface area contributed by atoms with Crippen LogP contribution in [0.4, 0.5) is 5.82 Å². The predicted molar refractivity (Wildman–Crippen MR) is 91.2 cm³/mol. The number of amides is 1. The van der Waals surface area contributed by atoms with Crippen LogP contribution in [0.15, 0.2) is 30.5 Å². The maximum atomic E-state index is 12.1. The van der Waals surface area contributed by atoms with Gasteiger partial charge in [0.1, 0.15) is 11.9 Å². The van der Waals surface area contributed by atoms with Crippen molar-refractivity contribution in [3.05, 3.63) is 30.5 Å². The van der Waals surface area contributed by atoms with Gasteiger partial charge in [-0.25, -0.2) is 4.98 Å². The van der Waals surface area contributed by atoms with E-state index in [4.69, 9.17) is 5.26 Å². The number of likely N-dealkylation sites (tertiary alicyclic amines) is 1. The van der Waals surface area contributed by atoms with Crippen molar-refractivity contribution in [2.45, 2.75) is 18.9 Å². The van der Waals surface area contributed by atoms with Crippen molar-refractivity contribution in [2.75, 3.05) is 31.5 Å². The van der Waals surface area contributed by atoms with E-state index in [1.165, 1.54) is 0 Å². The van der Waals surface area contributed by atoms with E-state index >= 15 is 0 Å². The molecule has 0 saturated carbocycles. The van der Waals surface area contributed by atoms with E-state index in [1.54, 1.807) is 11.1 Å². The standard InChI is InChI=1S/C17H20N6O/c18-10-13-4-3-9-23(13)17(24)12-19-7-8-20-16-11-21-14-5-1-2-6-15(14)22-16/h1-2,5-6,11,13,19H,3-4,7-9,12H2,(H,20,22)/t13-/m0/s1. The molecule has 1 aromatic heterocycles. The number of nitrogens with one attached hydrogen (secondary N) is 2. The summed E-state index contributed by atoms with van der Waals surface area (Å²) in [4.78, 5) is 22.5. The van der Waals surface area contributed by atoms with Crippen molar-refractivity contribution in [3.8, 4) is 6.07 Å². The van der Waals surface area contributed by atoms with Crippen molar-refractivity contribution in [1.29, 1.82) is 5.26 Å². The van der Waals surface area contributed by atoms with Gasteiger partial charge < -0.3 is 15.5 Å². The molecule has 1 aliphatic rings. The highest BCUT2D eigenvalue weighted by atomic mass is 16.2. The van der Waals surface area contributed by atoms with Crippen LogP contribution in [0.5, 0.6) is 0 Å². The normalized spacial score (nSPS) is 17.0. The van der Waals surface area contributed by atoms with E-state index in [0.717, 1.165) is 23.9 Å². The number of carbonyl (C=O) groups is 1. The van der Waals surface area contributed by atoms with Crippen LogP contribution in [-0.4, -0.2) is 53.0 Å². The second-order valence-electron chi connectivity index (χ2n) is 5.72. The fourth-order valence-electron chi connectivity index (χ4n) is 2.82. The molecule has 1 fully saturated rings. The quantitative estimate of drug-likeness (QED) is 0.774. The Bertz CT molecular complexity index is 756. The van der Waals surface area contributed by atoms with Crippen LogP contribution in [0, 0.1) is 11.3 Å². The summed E-state index contributed by atoms with van der Waals surface area (Å²) < 4.78 is 0. The summed E-state index contributed by atoms with van der Waals surface area (Å²) >= 11 is 0. The van der Waals surface area contributed by atoms with Crippen LogP contribution < -0.4 is 10.6 Å². The van der Waals surface area contributed by atoms with Crippen molar-refractivity contribution in [3.63, 3.8) is 0 Å². The minimum absolute atomic E-state index is 0.00968. The second-order valence-corrected chi connectivity index (χ2v) is 5.72. The molecule has 0 unspecified atom stereocenters. The molecule has 24 heavy (non-hydrogen) atoms. The topological polar surface area (TPSA) is 93.9 Å². The molecule has 2 heterocycles. The second kappa shape index (κ2) is 7.70. The lowest BCUT2D eigenvalue weighted by Crippen LogP contribution is -2.41. The van der Waals surface area contributed by atoms with E-state index in [9.17, 15) is 4.79 Å². The number of hydrogen-bond acceptors (Lipinski definition) is 6. The molecule has 1 atom stereocenters. The molecule has 2 aromatic rings. The molecule has 0 bridgehead atoms. The van der Waals surface area contributed by atoms with Gasteiger partial charge in [-0.1, -0.05) is 12.1 Å². The Hall–Kier alpha value is -2.72. The summed E-state index contributed by atoms with van der Waals surface area (Å²) in [5, 5.41) is 15.3. The number of carbonyl (C=O) groups excluding carboxylic acids is 1. The number of rotatable bonds is 6. The summed E-state index contributed by atoms with van der Waals surface area (Å²) in [5.41, 5.74) is 1.71. The lowest BCUT2D eigenvalue weighted by Gasteiger charge is -2.19. The fraction of sp³-hybridized carbons (Fsp3) is 0.412. The number of nitrogens with zero attached hydrogens (tertiary/aromatic N) is 4. The highest BCUT2D eigenvalue weighted by Crippen LogP contribution is 2.16. The third-order valence-electron chi connectivity index (χ3n) is 4.05. The molecule has 1 aromatic carbocycles. The predicted octanol–water partition coefficient (Wildman–Crippen LogP) is 1.15. The van der Waals surface area contributed by atoms with Crippen LogP contribution in [0.25, 0.3) is 11.0 Å². The first-order valence-electron chi connectivity index (χ1n) is 8.13. The molecular formula is C17H20N6O. The number of para-hydroxylation sites is 2. The van der Waals surface area contributed by atoms with Gasteiger partial charge >= 0.3 is 0 Å².